The molecule has 1 aromatic heterocycles. The molecule has 0 saturated carbocycles. The van der Waals surface area contributed by atoms with E-state index in [1.165, 1.54) is 11.3 Å². The Morgan fingerprint density at radius 1 is 1.11 bits per heavy atom. The zero-order valence-corrected chi connectivity index (χ0v) is 19.3. The van der Waals surface area contributed by atoms with Crippen LogP contribution in [-0.2, 0) is 15.1 Å². The van der Waals surface area contributed by atoms with Crippen LogP contribution in [0, 0.1) is 0 Å². The van der Waals surface area contributed by atoms with E-state index in [1.54, 1.807) is 50.4 Å². The molecule has 2 aliphatic heterocycles. The summed E-state index contributed by atoms with van der Waals surface area (Å²) < 4.78 is 10.8. The Labute approximate surface area is 202 Å². The third kappa shape index (κ3) is 3.95. The van der Waals surface area contributed by atoms with Gasteiger partial charge in [-0.15, -0.1) is 0 Å². The molecule has 1 fully saturated rings. The van der Waals surface area contributed by atoms with Gasteiger partial charge in [-0.05, 0) is 54.4 Å². The number of benzene rings is 2. The third-order valence-corrected chi connectivity index (χ3v) is 6.38. The van der Waals surface area contributed by atoms with E-state index in [0.29, 0.717) is 29.2 Å². The Bertz CT molecular complexity index is 1290. The normalized spacial score (nSPS) is 21.8. The molecule has 1 N–H and O–H groups in total. The van der Waals surface area contributed by atoms with E-state index in [2.05, 4.69) is 10.4 Å². The number of hydrogen-bond donors (Lipinski definition) is 1. The van der Waals surface area contributed by atoms with E-state index in [4.69, 9.17) is 9.15 Å². The second-order valence-electron chi connectivity index (χ2n) is 8.56. The molecular weight excluding hydrogens is 448 g/mol. The van der Waals surface area contributed by atoms with Crippen LogP contribution in [-0.4, -0.2) is 47.1 Å². The molecule has 0 radical (unpaired) electrons. The largest absolute Gasteiger partial charge is 0.497 e. The van der Waals surface area contributed by atoms with Crippen molar-refractivity contribution in [3.8, 4) is 5.75 Å². The van der Waals surface area contributed by atoms with Gasteiger partial charge in [0.1, 0.15) is 29.6 Å². The van der Waals surface area contributed by atoms with Gasteiger partial charge in [0.25, 0.3) is 11.8 Å². The molecule has 2 aromatic carbocycles. The number of ether oxygens (including phenoxy) is 1. The van der Waals surface area contributed by atoms with Crippen molar-refractivity contribution in [1.82, 2.24) is 15.2 Å². The highest BCUT2D eigenvalue weighted by Gasteiger charge is 2.50. The highest BCUT2D eigenvalue weighted by atomic mass is 16.5. The SMILES string of the molecule is COc1ccc(C2=NN(C(=O)CN3C(=O)N[C@](C)(c4ccccc4)C3=O)[C@@H](c3ccco3)C2)cc1. The highest BCUT2D eigenvalue weighted by Crippen LogP contribution is 2.34. The molecule has 0 aliphatic carbocycles. The first-order chi connectivity index (χ1) is 16.9. The van der Waals surface area contributed by atoms with Gasteiger partial charge in [0.05, 0.1) is 19.1 Å². The van der Waals surface area contributed by atoms with Crippen molar-refractivity contribution in [2.24, 2.45) is 5.10 Å². The lowest BCUT2D eigenvalue weighted by molar-refractivity contribution is -0.140. The summed E-state index contributed by atoms with van der Waals surface area (Å²) in [5.41, 5.74) is 0.919. The number of carbonyl (C=O) groups is 3. The molecule has 0 bridgehead atoms. The zero-order chi connectivity index (χ0) is 24.6. The smallest absolute Gasteiger partial charge is 0.325 e. The van der Waals surface area contributed by atoms with Crippen molar-refractivity contribution in [2.45, 2.75) is 24.9 Å². The van der Waals surface area contributed by atoms with E-state index in [1.807, 2.05) is 30.3 Å². The molecule has 35 heavy (non-hydrogen) atoms. The topological polar surface area (TPSA) is 104 Å². The molecule has 3 aromatic rings. The average Bonchev–Trinajstić information content (AvgIpc) is 3.61. The van der Waals surface area contributed by atoms with Crippen molar-refractivity contribution >= 4 is 23.6 Å². The predicted molar refractivity (Wildman–Crippen MR) is 126 cm³/mol. The van der Waals surface area contributed by atoms with Crippen molar-refractivity contribution in [3.05, 3.63) is 89.9 Å². The van der Waals surface area contributed by atoms with Crippen LogP contribution in [0.1, 0.15) is 36.3 Å². The summed E-state index contributed by atoms with van der Waals surface area (Å²) in [6.45, 7) is 1.19. The number of furan rings is 1. The van der Waals surface area contributed by atoms with Crippen molar-refractivity contribution < 1.29 is 23.5 Å². The number of methoxy groups -OCH3 is 1. The maximum Gasteiger partial charge on any atom is 0.325 e. The Hall–Kier alpha value is -4.40. The van der Waals surface area contributed by atoms with Gasteiger partial charge in [0.15, 0.2) is 0 Å². The number of hydrazone groups is 1. The number of imide groups is 1. The maximum atomic E-state index is 13.4. The first-order valence-corrected chi connectivity index (χ1v) is 11.2. The number of carbonyl (C=O) groups excluding carboxylic acids is 3. The molecule has 9 heteroatoms. The fraction of sp³-hybridized carbons (Fsp3) is 0.231. The van der Waals surface area contributed by atoms with E-state index in [0.717, 1.165) is 10.5 Å². The van der Waals surface area contributed by atoms with E-state index >= 15 is 0 Å². The van der Waals surface area contributed by atoms with E-state index < -0.39 is 36.0 Å². The van der Waals surface area contributed by atoms with Crippen LogP contribution in [0.5, 0.6) is 5.75 Å². The van der Waals surface area contributed by atoms with Gasteiger partial charge in [-0.1, -0.05) is 30.3 Å². The molecule has 1 saturated heterocycles. The predicted octanol–water partition coefficient (Wildman–Crippen LogP) is 3.43. The standard InChI is InChI=1S/C26H24N4O5/c1-26(18-7-4-3-5-8-18)24(32)29(25(33)27-26)16-23(31)30-21(22-9-6-14-35-22)15-20(28-30)17-10-12-19(34-2)13-11-17/h3-14,21H,15-16H2,1-2H3,(H,27,33)/t21-,26-/m1/s1. The summed E-state index contributed by atoms with van der Waals surface area (Å²) >= 11 is 0. The minimum Gasteiger partial charge on any atom is -0.497 e. The van der Waals surface area contributed by atoms with Gasteiger partial charge in [-0.2, -0.15) is 5.10 Å². The Kier molecular flexibility index (Phi) is 5.60. The van der Waals surface area contributed by atoms with Crippen LogP contribution in [0.3, 0.4) is 0 Å². The molecule has 2 aliphatic rings. The molecule has 5 rings (SSSR count). The van der Waals surface area contributed by atoms with Gasteiger partial charge in [-0.25, -0.2) is 9.80 Å². The van der Waals surface area contributed by atoms with Gasteiger partial charge in [0.2, 0.25) is 0 Å². The molecule has 0 spiro atoms. The summed E-state index contributed by atoms with van der Waals surface area (Å²) in [7, 11) is 1.59. The molecule has 0 unspecified atom stereocenters. The van der Waals surface area contributed by atoms with E-state index in [-0.39, 0.29) is 0 Å². The van der Waals surface area contributed by atoms with Crippen LogP contribution < -0.4 is 10.1 Å². The lowest BCUT2D eigenvalue weighted by Gasteiger charge is -2.24. The number of nitrogens with zero attached hydrogens (tertiary/aromatic N) is 3. The molecule has 2 atom stereocenters. The Morgan fingerprint density at radius 3 is 2.51 bits per heavy atom. The summed E-state index contributed by atoms with van der Waals surface area (Å²) in [5, 5.41) is 8.60. The Morgan fingerprint density at radius 2 is 1.86 bits per heavy atom. The number of amides is 4. The molecule has 4 amide bonds. The minimum atomic E-state index is -1.25. The average molecular weight is 473 g/mol. The summed E-state index contributed by atoms with van der Waals surface area (Å²) in [6.07, 6.45) is 1.96. The van der Waals surface area contributed by atoms with Crippen LogP contribution in [0.2, 0.25) is 0 Å². The zero-order valence-electron chi connectivity index (χ0n) is 19.3. The first-order valence-electron chi connectivity index (χ1n) is 11.2. The van der Waals surface area contributed by atoms with E-state index in [9.17, 15) is 14.4 Å². The second kappa shape index (κ2) is 8.75. The lowest BCUT2D eigenvalue weighted by atomic mass is 9.92. The van der Waals surface area contributed by atoms with Crippen molar-refractivity contribution in [3.63, 3.8) is 0 Å². The summed E-state index contributed by atoms with van der Waals surface area (Å²) in [5.74, 6) is 0.297. The summed E-state index contributed by atoms with van der Waals surface area (Å²) in [4.78, 5) is 40.3. The van der Waals surface area contributed by atoms with Crippen LogP contribution in [0.15, 0.2) is 82.5 Å². The van der Waals surface area contributed by atoms with Crippen LogP contribution >= 0.6 is 0 Å². The minimum absolute atomic E-state index is 0.424. The van der Waals surface area contributed by atoms with Crippen LogP contribution in [0.4, 0.5) is 4.79 Å². The Balaban J connectivity index is 1.40. The van der Waals surface area contributed by atoms with Gasteiger partial charge in [0, 0.05) is 6.42 Å². The first kappa shape index (κ1) is 22.4. The van der Waals surface area contributed by atoms with Crippen molar-refractivity contribution in [2.75, 3.05) is 13.7 Å². The van der Waals surface area contributed by atoms with Gasteiger partial charge in [-0.3, -0.25) is 14.5 Å². The number of urea groups is 1. The van der Waals surface area contributed by atoms with Gasteiger partial charge >= 0.3 is 6.03 Å². The molecular formula is C26H24N4O5. The summed E-state index contributed by atoms with van der Waals surface area (Å²) in [6, 6.07) is 18.7. The number of nitrogens with one attached hydrogen (secondary N) is 1. The third-order valence-electron chi connectivity index (χ3n) is 6.38. The molecule has 178 valence electrons. The molecule has 3 heterocycles. The number of rotatable bonds is 6. The number of hydrogen-bond acceptors (Lipinski definition) is 6. The van der Waals surface area contributed by atoms with Crippen LogP contribution in [0.25, 0.3) is 0 Å². The fourth-order valence-corrected chi connectivity index (χ4v) is 4.42. The highest BCUT2D eigenvalue weighted by molar-refractivity contribution is 6.09. The quantitative estimate of drug-likeness (QED) is 0.554. The maximum absolute atomic E-state index is 13.4. The molecule has 9 nitrogen and oxygen atoms in total. The van der Waals surface area contributed by atoms with Gasteiger partial charge < -0.3 is 14.5 Å². The monoisotopic (exact) mass is 472 g/mol. The van der Waals surface area contributed by atoms with Crippen molar-refractivity contribution in [1.29, 1.82) is 0 Å². The second-order valence-corrected chi connectivity index (χ2v) is 8.56. The lowest BCUT2D eigenvalue weighted by Crippen LogP contribution is -2.43. The fourth-order valence-electron chi connectivity index (χ4n) is 4.42.